The van der Waals surface area contributed by atoms with Crippen LogP contribution in [0.1, 0.15) is 22.5 Å². The second-order valence-electron chi connectivity index (χ2n) is 5.77. The number of hydrogen-bond donors (Lipinski definition) is 2. The number of benzene rings is 2. The smallest absolute Gasteiger partial charge is 0.241 e. The fourth-order valence-electron chi connectivity index (χ4n) is 2.55. The Hall–Kier alpha value is -2.18. The van der Waals surface area contributed by atoms with Crippen LogP contribution in [0.5, 0.6) is 0 Å². The summed E-state index contributed by atoms with van der Waals surface area (Å²) in [4.78, 5) is 7.82. The second kappa shape index (κ2) is 5.79. The van der Waals surface area contributed by atoms with Crippen molar-refractivity contribution in [2.75, 3.05) is 0 Å². The average molecular weight is 329 g/mol. The van der Waals surface area contributed by atoms with Crippen LogP contribution in [0.2, 0.25) is 0 Å². The lowest BCUT2D eigenvalue weighted by Gasteiger charge is -2.10. The van der Waals surface area contributed by atoms with E-state index in [1.165, 1.54) is 0 Å². The molecule has 0 fully saturated rings. The Morgan fingerprint density at radius 1 is 1.09 bits per heavy atom. The van der Waals surface area contributed by atoms with E-state index >= 15 is 0 Å². The van der Waals surface area contributed by atoms with Gasteiger partial charge in [0.1, 0.15) is 5.82 Å². The van der Waals surface area contributed by atoms with Crippen LogP contribution in [0.25, 0.3) is 11.0 Å². The third kappa shape index (κ3) is 3.28. The van der Waals surface area contributed by atoms with Crippen LogP contribution in [0, 0.1) is 20.8 Å². The highest BCUT2D eigenvalue weighted by Crippen LogP contribution is 2.18. The molecule has 0 saturated heterocycles. The molecule has 23 heavy (non-hydrogen) atoms. The summed E-state index contributed by atoms with van der Waals surface area (Å²) >= 11 is 0. The van der Waals surface area contributed by atoms with E-state index in [9.17, 15) is 8.42 Å². The molecule has 0 saturated carbocycles. The first-order valence-electron chi connectivity index (χ1n) is 7.37. The molecule has 0 aliphatic rings. The minimum absolute atomic E-state index is 0.240. The lowest BCUT2D eigenvalue weighted by molar-refractivity contribution is 0.580. The summed E-state index contributed by atoms with van der Waals surface area (Å²) in [6.07, 6.45) is 0. The molecule has 0 amide bonds. The summed E-state index contributed by atoms with van der Waals surface area (Å²) in [5.41, 5.74) is 4.33. The van der Waals surface area contributed by atoms with Crippen LogP contribution in [0.3, 0.4) is 0 Å². The van der Waals surface area contributed by atoms with Crippen LogP contribution < -0.4 is 4.72 Å². The van der Waals surface area contributed by atoms with Crippen molar-refractivity contribution in [2.24, 2.45) is 0 Å². The minimum Gasteiger partial charge on any atom is -0.342 e. The number of fused-ring (bicyclic) bond motifs is 1. The number of aryl methyl sites for hydroxylation is 3. The standard InChI is InChI=1S/C17H19N3O2S/c1-11-4-5-12(2)17(8-11)23(21,22)18-10-14-6-7-15-16(9-14)20-13(3)19-15/h4-9,18H,10H2,1-3H3,(H,19,20). The molecule has 5 nitrogen and oxygen atoms in total. The average Bonchev–Trinajstić information content (AvgIpc) is 2.87. The lowest BCUT2D eigenvalue weighted by atomic mass is 10.2. The molecule has 120 valence electrons. The van der Waals surface area contributed by atoms with Crippen molar-refractivity contribution in [1.82, 2.24) is 14.7 Å². The van der Waals surface area contributed by atoms with Gasteiger partial charge in [0.15, 0.2) is 0 Å². The van der Waals surface area contributed by atoms with Gasteiger partial charge < -0.3 is 4.98 Å². The van der Waals surface area contributed by atoms with Gasteiger partial charge in [-0.3, -0.25) is 0 Å². The highest BCUT2D eigenvalue weighted by atomic mass is 32.2. The maximum Gasteiger partial charge on any atom is 0.241 e. The topological polar surface area (TPSA) is 74.8 Å². The van der Waals surface area contributed by atoms with E-state index in [0.29, 0.717) is 4.90 Å². The monoisotopic (exact) mass is 329 g/mol. The van der Waals surface area contributed by atoms with Crippen LogP contribution in [0.15, 0.2) is 41.3 Å². The largest absolute Gasteiger partial charge is 0.342 e. The Kier molecular flexibility index (Phi) is 3.95. The van der Waals surface area contributed by atoms with E-state index in [-0.39, 0.29) is 6.54 Å². The van der Waals surface area contributed by atoms with Crippen LogP contribution in [-0.4, -0.2) is 18.4 Å². The van der Waals surface area contributed by atoms with Gasteiger partial charge in [0.05, 0.1) is 15.9 Å². The molecule has 0 unspecified atom stereocenters. The summed E-state index contributed by atoms with van der Waals surface area (Å²) in [5, 5.41) is 0. The summed E-state index contributed by atoms with van der Waals surface area (Å²) < 4.78 is 27.7. The molecule has 3 rings (SSSR count). The van der Waals surface area contributed by atoms with Gasteiger partial charge in [-0.25, -0.2) is 18.1 Å². The van der Waals surface area contributed by atoms with Crippen molar-refractivity contribution in [2.45, 2.75) is 32.2 Å². The van der Waals surface area contributed by atoms with E-state index in [1.54, 1.807) is 13.0 Å². The Balaban J connectivity index is 1.84. The van der Waals surface area contributed by atoms with E-state index < -0.39 is 10.0 Å². The maximum atomic E-state index is 12.5. The molecule has 0 aliphatic heterocycles. The van der Waals surface area contributed by atoms with Gasteiger partial charge in [0, 0.05) is 6.54 Å². The fraction of sp³-hybridized carbons (Fsp3) is 0.235. The van der Waals surface area contributed by atoms with Crippen molar-refractivity contribution in [3.63, 3.8) is 0 Å². The zero-order valence-corrected chi connectivity index (χ0v) is 14.2. The Morgan fingerprint density at radius 2 is 1.87 bits per heavy atom. The summed E-state index contributed by atoms with van der Waals surface area (Å²) in [7, 11) is -3.54. The number of nitrogens with one attached hydrogen (secondary N) is 2. The third-order valence-corrected chi connectivity index (χ3v) is 5.31. The number of sulfonamides is 1. The SMILES string of the molecule is Cc1ccc(C)c(S(=O)(=O)NCc2ccc3nc(C)[nH]c3c2)c1. The van der Waals surface area contributed by atoms with Gasteiger partial charge in [0.25, 0.3) is 0 Å². The Morgan fingerprint density at radius 3 is 2.65 bits per heavy atom. The number of aromatic nitrogens is 2. The highest BCUT2D eigenvalue weighted by Gasteiger charge is 2.16. The van der Waals surface area contributed by atoms with Crippen LogP contribution in [0.4, 0.5) is 0 Å². The molecule has 1 aromatic heterocycles. The molecule has 1 heterocycles. The summed E-state index contributed by atoms with van der Waals surface area (Å²) in [6.45, 7) is 5.81. The van der Waals surface area contributed by atoms with Gasteiger partial charge in [0.2, 0.25) is 10.0 Å². The molecule has 3 aromatic rings. The molecule has 0 radical (unpaired) electrons. The Labute approximate surface area is 135 Å². The van der Waals surface area contributed by atoms with Crippen molar-refractivity contribution >= 4 is 21.1 Å². The van der Waals surface area contributed by atoms with Gasteiger partial charge in [-0.15, -0.1) is 0 Å². The molecular formula is C17H19N3O2S. The van der Waals surface area contributed by atoms with Crippen LogP contribution in [-0.2, 0) is 16.6 Å². The predicted molar refractivity (Wildman–Crippen MR) is 90.8 cm³/mol. The van der Waals surface area contributed by atoms with E-state index in [4.69, 9.17) is 0 Å². The number of imidazole rings is 1. The van der Waals surface area contributed by atoms with E-state index in [2.05, 4.69) is 14.7 Å². The number of H-pyrrole nitrogens is 1. The minimum atomic E-state index is -3.54. The number of aromatic amines is 1. The maximum absolute atomic E-state index is 12.5. The van der Waals surface area contributed by atoms with E-state index in [1.807, 2.05) is 44.2 Å². The van der Waals surface area contributed by atoms with Crippen molar-refractivity contribution < 1.29 is 8.42 Å². The summed E-state index contributed by atoms with van der Waals surface area (Å²) in [6, 6.07) is 11.1. The first-order valence-corrected chi connectivity index (χ1v) is 8.86. The normalized spacial score (nSPS) is 12.0. The highest BCUT2D eigenvalue weighted by molar-refractivity contribution is 7.89. The quantitative estimate of drug-likeness (QED) is 0.773. The number of rotatable bonds is 4. The molecule has 2 N–H and O–H groups in total. The zero-order valence-electron chi connectivity index (χ0n) is 13.3. The third-order valence-electron chi connectivity index (χ3n) is 3.76. The van der Waals surface area contributed by atoms with Crippen molar-refractivity contribution in [1.29, 1.82) is 0 Å². The zero-order chi connectivity index (χ0) is 16.6. The lowest BCUT2D eigenvalue weighted by Crippen LogP contribution is -2.24. The molecule has 0 aliphatic carbocycles. The van der Waals surface area contributed by atoms with Crippen molar-refractivity contribution in [3.05, 3.63) is 58.9 Å². The predicted octanol–water partition coefficient (Wildman–Crippen LogP) is 2.97. The Bertz CT molecular complexity index is 975. The summed E-state index contributed by atoms with van der Waals surface area (Å²) in [5.74, 6) is 0.841. The van der Waals surface area contributed by atoms with Gasteiger partial charge in [-0.1, -0.05) is 18.2 Å². The molecule has 2 aromatic carbocycles. The first-order chi connectivity index (χ1) is 10.8. The van der Waals surface area contributed by atoms with Gasteiger partial charge in [-0.2, -0.15) is 0 Å². The molecule has 6 heteroatoms. The first kappa shape index (κ1) is 15.7. The number of nitrogens with zero attached hydrogens (tertiary/aromatic N) is 1. The number of hydrogen-bond acceptors (Lipinski definition) is 3. The molecule has 0 atom stereocenters. The molecular weight excluding hydrogens is 310 g/mol. The molecule has 0 bridgehead atoms. The van der Waals surface area contributed by atoms with Gasteiger partial charge in [-0.05, 0) is 55.7 Å². The van der Waals surface area contributed by atoms with Crippen molar-refractivity contribution in [3.8, 4) is 0 Å². The van der Waals surface area contributed by atoms with Crippen LogP contribution >= 0.6 is 0 Å². The second-order valence-corrected chi connectivity index (χ2v) is 7.50. The van der Waals surface area contributed by atoms with Gasteiger partial charge >= 0.3 is 0 Å². The van der Waals surface area contributed by atoms with E-state index in [0.717, 1.165) is 33.5 Å². The molecule has 0 spiro atoms. The fourth-order valence-corrected chi connectivity index (χ4v) is 3.89.